The van der Waals surface area contributed by atoms with E-state index in [1.807, 2.05) is 0 Å². The quantitative estimate of drug-likeness (QED) is 0.600. The largest absolute Gasteiger partial charge is 0.484 e. The molecule has 0 unspecified atom stereocenters. The van der Waals surface area contributed by atoms with Crippen molar-refractivity contribution < 1.29 is 23.5 Å². The molecule has 1 heterocycles. The zero-order valence-corrected chi connectivity index (χ0v) is 17.1. The first-order valence-corrected chi connectivity index (χ1v) is 9.41. The molecular weight excluding hydrogens is 398 g/mol. The van der Waals surface area contributed by atoms with Gasteiger partial charge in [0.2, 0.25) is 0 Å². The summed E-state index contributed by atoms with van der Waals surface area (Å²) in [7, 11) is 3.31. The van der Waals surface area contributed by atoms with Crippen LogP contribution < -0.4 is 14.8 Å². The highest BCUT2D eigenvalue weighted by molar-refractivity contribution is 6.02. The molecule has 0 aliphatic rings. The first kappa shape index (κ1) is 21.5. The number of nitrogens with one attached hydrogen (secondary N) is 1. The fourth-order valence-corrected chi connectivity index (χ4v) is 2.51. The van der Waals surface area contributed by atoms with Crippen LogP contribution in [-0.4, -0.2) is 37.4 Å². The van der Waals surface area contributed by atoms with Crippen molar-refractivity contribution in [1.82, 2.24) is 4.90 Å². The lowest BCUT2D eigenvalue weighted by molar-refractivity contribution is -0.130. The van der Waals surface area contributed by atoms with Crippen LogP contribution in [0.15, 0.2) is 65.1 Å². The van der Waals surface area contributed by atoms with Crippen LogP contribution in [0.2, 0.25) is 0 Å². The Morgan fingerprint density at radius 1 is 1.03 bits per heavy atom. The predicted octanol–water partition coefficient (Wildman–Crippen LogP) is 3.45. The van der Waals surface area contributed by atoms with E-state index < -0.39 is 5.91 Å². The fraction of sp³-hybridized carbons (Fsp3) is 0.174. The average Bonchev–Trinajstić information content (AvgIpc) is 3.26. The second kappa shape index (κ2) is 9.98. The zero-order chi connectivity index (χ0) is 22.2. The molecule has 0 spiro atoms. The lowest BCUT2D eigenvalue weighted by Crippen LogP contribution is -2.27. The van der Waals surface area contributed by atoms with E-state index in [-0.39, 0.29) is 24.9 Å². The van der Waals surface area contributed by atoms with E-state index in [1.54, 1.807) is 74.8 Å². The maximum Gasteiger partial charge on any atom is 0.291 e. The van der Waals surface area contributed by atoms with E-state index in [4.69, 9.17) is 19.2 Å². The summed E-state index contributed by atoms with van der Waals surface area (Å²) in [5, 5.41) is 11.8. The number of furan rings is 1. The second-order valence-corrected chi connectivity index (χ2v) is 6.72. The first-order chi connectivity index (χ1) is 15.0. The van der Waals surface area contributed by atoms with Gasteiger partial charge in [-0.15, -0.1) is 0 Å². The summed E-state index contributed by atoms with van der Waals surface area (Å²) >= 11 is 0. The lowest BCUT2D eigenvalue weighted by Gasteiger charge is -2.11. The zero-order valence-electron chi connectivity index (χ0n) is 17.1. The molecule has 0 aliphatic carbocycles. The molecular formula is C23H21N3O5. The third kappa shape index (κ3) is 5.87. The Morgan fingerprint density at radius 3 is 2.48 bits per heavy atom. The predicted molar refractivity (Wildman–Crippen MR) is 113 cm³/mol. The van der Waals surface area contributed by atoms with Crippen molar-refractivity contribution in [1.29, 1.82) is 5.26 Å². The molecule has 2 aromatic carbocycles. The summed E-state index contributed by atoms with van der Waals surface area (Å²) in [5.74, 6) is 0.979. The highest BCUT2D eigenvalue weighted by Crippen LogP contribution is 2.20. The molecule has 8 heteroatoms. The molecule has 2 amide bonds. The number of nitrogens with zero attached hydrogens (tertiary/aromatic N) is 2. The molecule has 1 aromatic heterocycles. The van der Waals surface area contributed by atoms with Crippen LogP contribution in [-0.2, 0) is 11.4 Å². The molecule has 3 aromatic rings. The number of para-hydroxylation sites is 1. The number of amides is 2. The van der Waals surface area contributed by atoms with Crippen LogP contribution in [0.25, 0.3) is 0 Å². The summed E-state index contributed by atoms with van der Waals surface area (Å²) in [5.41, 5.74) is 0.971. The van der Waals surface area contributed by atoms with Crippen LogP contribution in [0.1, 0.15) is 21.9 Å². The first-order valence-electron chi connectivity index (χ1n) is 9.41. The number of benzene rings is 2. The van der Waals surface area contributed by atoms with Crippen molar-refractivity contribution in [2.45, 2.75) is 6.61 Å². The molecule has 8 nitrogen and oxygen atoms in total. The Hall–Kier alpha value is -4.25. The minimum Gasteiger partial charge on any atom is -0.484 e. The van der Waals surface area contributed by atoms with Gasteiger partial charge in [-0.1, -0.05) is 12.1 Å². The van der Waals surface area contributed by atoms with Crippen molar-refractivity contribution in [3.05, 3.63) is 77.7 Å². The lowest BCUT2D eigenvalue weighted by atomic mass is 10.2. The molecule has 0 radical (unpaired) electrons. The molecule has 0 saturated heterocycles. The van der Waals surface area contributed by atoms with Crippen molar-refractivity contribution in [3.8, 4) is 17.6 Å². The van der Waals surface area contributed by atoms with E-state index >= 15 is 0 Å². The van der Waals surface area contributed by atoms with Gasteiger partial charge in [0.25, 0.3) is 11.8 Å². The van der Waals surface area contributed by atoms with Crippen LogP contribution in [0.5, 0.6) is 11.5 Å². The summed E-state index contributed by atoms with van der Waals surface area (Å²) in [4.78, 5) is 25.4. The van der Waals surface area contributed by atoms with Gasteiger partial charge in [-0.25, -0.2) is 0 Å². The number of likely N-dealkylation sites (N-methyl/N-ethyl adjacent to an activating group) is 1. The average molecular weight is 419 g/mol. The van der Waals surface area contributed by atoms with Crippen LogP contribution in [0.3, 0.4) is 0 Å². The Morgan fingerprint density at radius 2 is 1.77 bits per heavy atom. The number of nitriles is 1. The fourth-order valence-electron chi connectivity index (χ4n) is 2.51. The van der Waals surface area contributed by atoms with Gasteiger partial charge in [0, 0.05) is 19.8 Å². The molecule has 0 saturated carbocycles. The number of carbonyl (C=O) groups is 2. The number of carbonyl (C=O) groups excluding carboxylic acids is 2. The maximum absolute atomic E-state index is 12.4. The number of hydrogen-bond donors (Lipinski definition) is 1. The normalized spacial score (nSPS) is 10.1. The van der Waals surface area contributed by atoms with Gasteiger partial charge in [-0.05, 0) is 48.5 Å². The minimum absolute atomic E-state index is 0.0607. The van der Waals surface area contributed by atoms with Gasteiger partial charge < -0.3 is 24.1 Å². The molecule has 3 rings (SSSR count). The molecule has 0 aliphatic heterocycles. The standard InChI is InChI=1S/C23H21N3O5/c1-26(2)22(27)15-29-18-9-7-17(8-10-18)25-23(28)21-12-11-19(31-21)14-30-20-6-4-3-5-16(20)13-24/h3-12H,14-15H2,1-2H3,(H,25,28). The van der Waals surface area contributed by atoms with Crippen LogP contribution in [0, 0.1) is 11.3 Å². The van der Waals surface area contributed by atoms with Gasteiger partial charge >= 0.3 is 0 Å². The Kier molecular flexibility index (Phi) is 6.91. The van der Waals surface area contributed by atoms with Crippen molar-refractivity contribution in [2.24, 2.45) is 0 Å². The van der Waals surface area contributed by atoms with Gasteiger partial charge in [0.15, 0.2) is 12.4 Å². The highest BCUT2D eigenvalue weighted by Gasteiger charge is 2.13. The van der Waals surface area contributed by atoms with E-state index in [0.717, 1.165) is 0 Å². The van der Waals surface area contributed by atoms with Crippen LogP contribution >= 0.6 is 0 Å². The highest BCUT2D eigenvalue weighted by atomic mass is 16.5. The minimum atomic E-state index is -0.417. The number of hydrogen-bond acceptors (Lipinski definition) is 6. The maximum atomic E-state index is 12.4. The Labute approximate surface area is 179 Å². The number of anilines is 1. The van der Waals surface area contributed by atoms with Gasteiger partial charge in [0.05, 0.1) is 5.56 Å². The Balaban J connectivity index is 1.54. The molecule has 0 atom stereocenters. The van der Waals surface area contributed by atoms with Gasteiger partial charge in [0.1, 0.15) is 29.9 Å². The summed E-state index contributed by atoms with van der Waals surface area (Å²) in [6.45, 7) is 0.0263. The van der Waals surface area contributed by atoms with E-state index in [0.29, 0.717) is 28.5 Å². The van der Waals surface area contributed by atoms with E-state index in [9.17, 15) is 9.59 Å². The molecule has 158 valence electrons. The van der Waals surface area contributed by atoms with Crippen LogP contribution in [0.4, 0.5) is 5.69 Å². The van der Waals surface area contributed by atoms with Gasteiger partial charge in [-0.2, -0.15) is 5.26 Å². The monoisotopic (exact) mass is 419 g/mol. The summed E-state index contributed by atoms with van der Waals surface area (Å²) in [6, 6.07) is 18.8. The summed E-state index contributed by atoms with van der Waals surface area (Å²) in [6.07, 6.45) is 0. The van der Waals surface area contributed by atoms with E-state index in [2.05, 4.69) is 11.4 Å². The second-order valence-electron chi connectivity index (χ2n) is 6.72. The third-order valence-corrected chi connectivity index (χ3v) is 4.24. The van der Waals surface area contributed by atoms with Crippen molar-refractivity contribution >= 4 is 17.5 Å². The topological polar surface area (TPSA) is 105 Å². The Bertz CT molecular complexity index is 1100. The molecule has 31 heavy (non-hydrogen) atoms. The van der Waals surface area contributed by atoms with E-state index in [1.165, 1.54) is 4.90 Å². The smallest absolute Gasteiger partial charge is 0.291 e. The van der Waals surface area contributed by atoms with Crippen molar-refractivity contribution in [2.75, 3.05) is 26.0 Å². The van der Waals surface area contributed by atoms with Crippen molar-refractivity contribution in [3.63, 3.8) is 0 Å². The van der Waals surface area contributed by atoms with Gasteiger partial charge in [-0.3, -0.25) is 9.59 Å². The number of ether oxygens (including phenoxy) is 2. The SMILES string of the molecule is CN(C)C(=O)COc1ccc(NC(=O)c2ccc(COc3ccccc3C#N)o2)cc1. The third-order valence-electron chi connectivity index (χ3n) is 4.24. The number of rotatable bonds is 8. The summed E-state index contributed by atoms with van der Waals surface area (Å²) < 4.78 is 16.5. The molecule has 0 bridgehead atoms. The molecule has 1 N–H and O–H groups in total. The molecule has 0 fully saturated rings.